The van der Waals surface area contributed by atoms with Crippen LogP contribution in [-0.2, 0) is 4.79 Å². The number of amides is 1. The molecule has 0 bridgehead atoms. The number of aromatic carboxylic acids is 1. The number of carbonyl (C=O) groups is 2. The third kappa shape index (κ3) is 3.82. The van der Waals surface area contributed by atoms with Crippen molar-refractivity contribution >= 4 is 33.5 Å². The lowest BCUT2D eigenvalue weighted by Gasteiger charge is -2.12. The van der Waals surface area contributed by atoms with Crippen LogP contribution in [0.1, 0.15) is 30.1 Å². The Bertz CT molecular complexity index is 463. The van der Waals surface area contributed by atoms with Crippen molar-refractivity contribution in [3.63, 3.8) is 0 Å². The zero-order valence-electron chi connectivity index (χ0n) is 9.94. The number of nitrogens with one attached hydrogen (secondary N) is 1. The summed E-state index contributed by atoms with van der Waals surface area (Å²) in [6.07, 6.45) is 1.43. The molecule has 5 nitrogen and oxygen atoms in total. The molecule has 0 radical (unpaired) electrons. The Hall–Kier alpha value is -1.40. The second-order valence-electron chi connectivity index (χ2n) is 3.88. The minimum atomic E-state index is -1.02. The highest BCUT2D eigenvalue weighted by Gasteiger charge is 2.14. The Morgan fingerprint density at radius 3 is 2.67 bits per heavy atom. The second-order valence-corrected chi connectivity index (χ2v) is 4.74. The molecule has 1 aromatic carbocycles. The fraction of sp³-hybridized carbons (Fsp3) is 0.333. The summed E-state index contributed by atoms with van der Waals surface area (Å²) in [4.78, 5) is 22.5. The summed E-state index contributed by atoms with van der Waals surface area (Å²) in [7, 11) is 0. The van der Waals surface area contributed by atoms with E-state index < -0.39 is 12.0 Å². The van der Waals surface area contributed by atoms with Crippen molar-refractivity contribution in [2.75, 3.05) is 5.32 Å². The molecule has 4 N–H and O–H groups in total. The van der Waals surface area contributed by atoms with Crippen LogP contribution >= 0.6 is 15.9 Å². The highest BCUT2D eigenvalue weighted by atomic mass is 79.9. The predicted octanol–water partition coefficient (Wildman–Crippen LogP) is 2.21. The maximum Gasteiger partial charge on any atom is 0.335 e. The molecule has 0 aliphatic heterocycles. The van der Waals surface area contributed by atoms with E-state index in [4.69, 9.17) is 10.8 Å². The van der Waals surface area contributed by atoms with Crippen molar-refractivity contribution in [1.29, 1.82) is 0 Å². The predicted molar refractivity (Wildman–Crippen MR) is 72.6 cm³/mol. The van der Waals surface area contributed by atoms with Gasteiger partial charge in [0, 0.05) is 4.47 Å². The van der Waals surface area contributed by atoms with E-state index in [2.05, 4.69) is 21.2 Å². The first-order valence-electron chi connectivity index (χ1n) is 5.55. The SMILES string of the molecule is CCC[C@@H](N)C(=O)Nc1ccc(C(=O)O)cc1Br. The van der Waals surface area contributed by atoms with Crippen LogP contribution in [0.3, 0.4) is 0 Å². The Morgan fingerprint density at radius 2 is 2.17 bits per heavy atom. The van der Waals surface area contributed by atoms with E-state index in [9.17, 15) is 9.59 Å². The molecule has 0 aliphatic carbocycles. The van der Waals surface area contributed by atoms with Gasteiger partial charge in [0.05, 0.1) is 17.3 Å². The normalized spacial score (nSPS) is 11.9. The lowest BCUT2D eigenvalue weighted by atomic mass is 10.1. The molecule has 18 heavy (non-hydrogen) atoms. The molecule has 0 aliphatic rings. The van der Waals surface area contributed by atoms with E-state index in [1.54, 1.807) is 0 Å². The first-order valence-corrected chi connectivity index (χ1v) is 6.34. The Morgan fingerprint density at radius 1 is 1.50 bits per heavy atom. The number of carboxylic acid groups (broad SMARTS) is 1. The molecule has 1 amide bonds. The van der Waals surface area contributed by atoms with E-state index in [1.165, 1.54) is 18.2 Å². The van der Waals surface area contributed by atoms with Gasteiger partial charge in [-0.1, -0.05) is 13.3 Å². The standard InChI is InChI=1S/C12H15BrN2O3/c1-2-3-9(14)11(16)15-10-5-4-7(12(17)18)6-8(10)13/h4-6,9H,2-3,14H2,1H3,(H,15,16)(H,17,18)/t9-/m1/s1. The number of anilines is 1. The average molecular weight is 315 g/mol. The Balaban J connectivity index is 2.79. The van der Waals surface area contributed by atoms with Gasteiger partial charge < -0.3 is 16.2 Å². The van der Waals surface area contributed by atoms with Crippen molar-refractivity contribution in [3.05, 3.63) is 28.2 Å². The summed E-state index contributed by atoms with van der Waals surface area (Å²) in [5, 5.41) is 11.5. The van der Waals surface area contributed by atoms with Crippen LogP contribution in [-0.4, -0.2) is 23.0 Å². The van der Waals surface area contributed by atoms with Gasteiger partial charge in [0.1, 0.15) is 0 Å². The van der Waals surface area contributed by atoms with Gasteiger partial charge in [0.25, 0.3) is 0 Å². The second kappa shape index (κ2) is 6.51. The van der Waals surface area contributed by atoms with Crippen molar-refractivity contribution in [2.24, 2.45) is 5.73 Å². The Kier molecular flexibility index (Phi) is 5.30. The van der Waals surface area contributed by atoms with Gasteiger partial charge in [-0.3, -0.25) is 4.79 Å². The van der Waals surface area contributed by atoms with Crippen LogP contribution in [0.2, 0.25) is 0 Å². The number of hydrogen-bond donors (Lipinski definition) is 3. The summed E-state index contributed by atoms with van der Waals surface area (Å²) >= 11 is 3.21. The van der Waals surface area contributed by atoms with Gasteiger partial charge in [-0.2, -0.15) is 0 Å². The van der Waals surface area contributed by atoms with E-state index in [0.717, 1.165) is 6.42 Å². The third-order valence-corrected chi connectivity index (χ3v) is 3.07. The summed E-state index contributed by atoms with van der Waals surface area (Å²) in [5.41, 5.74) is 6.34. The Labute approximate surface area is 113 Å². The van der Waals surface area contributed by atoms with E-state index in [-0.39, 0.29) is 11.5 Å². The third-order valence-electron chi connectivity index (χ3n) is 2.41. The number of carbonyl (C=O) groups excluding carboxylic acids is 1. The monoisotopic (exact) mass is 314 g/mol. The van der Waals surface area contributed by atoms with E-state index in [0.29, 0.717) is 16.6 Å². The molecule has 0 fully saturated rings. The molecular formula is C12H15BrN2O3. The van der Waals surface area contributed by atoms with E-state index in [1.807, 2.05) is 6.92 Å². The highest BCUT2D eigenvalue weighted by Crippen LogP contribution is 2.23. The molecule has 1 atom stereocenters. The minimum Gasteiger partial charge on any atom is -0.478 e. The van der Waals surface area contributed by atoms with Crippen LogP contribution < -0.4 is 11.1 Å². The summed E-state index contributed by atoms with van der Waals surface area (Å²) in [6, 6.07) is 3.84. The number of benzene rings is 1. The molecule has 1 rings (SSSR count). The molecular weight excluding hydrogens is 300 g/mol. The number of carboxylic acids is 1. The first kappa shape index (κ1) is 14.7. The van der Waals surface area contributed by atoms with Crippen LogP contribution in [0.15, 0.2) is 22.7 Å². The topological polar surface area (TPSA) is 92.4 Å². The van der Waals surface area contributed by atoms with Crippen molar-refractivity contribution in [3.8, 4) is 0 Å². The minimum absolute atomic E-state index is 0.151. The summed E-state index contributed by atoms with van der Waals surface area (Å²) in [6.45, 7) is 1.95. The fourth-order valence-corrected chi connectivity index (χ4v) is 1.89. The largest absolute Gasteiger partial charge is 0.478 e. The van der Waals surface area contributed by atoms with Crippen LogP contribution in [0.25, 0.3) is 0 Å². The van der Waals surface area contributed by atoms with Gasteiger partial charge in [-0.05, 0) is 40.5 Å². The lowest BCUT2D eigenvalue weighted by molar-refractivity contribution is -0.117. The van der Waals surface area contributed by atoms with E-state index >= 15 is 0 Å². The van der Waals surface area contributed by atoms with Crippen LogP contribution in [0.5, 0.6) is 0 Å². The molecule has 1 aromatic rings. The molecule has 0 unspecified atom stereocenters. The number of hydrogen-bond acceptors (Lipinski definition) is 3. The zero-order chi connectivity index (χ0) is 13.7. The maximum absolute atomic E-state index is 11.7. The molecule has 98 valence electrons. The van der Waals surface area contributed by atoms with Gasteiger partial charge in [-0.25, -0.2) is 4.79 Å². The number of rotatable bonds is 5. The van der Waals surface area contributed by atoms with Crippen molar-refractivity contribution in [2.45, 2.75) is 25.8 Å². The lowest BCUT2D eigenvalue weighted by Crippen LogP contribution is -2.35. The van der Waals surface area contributed by atoms with Crippen molar-refractivity contribution in [1.82, 2.24) is 0 Å². The smallest absolute Gasteiger partial charge is 0.335 e. The fourth-order valence-electron chi connectivity index (χ4n) is 1.42. The highest BCUT2D eigenvalue weighted by molar-refractivity contribution is 9.10. The molecule has 0 heterocycles. The maximum atomic E-state index is 11.7. The molecule has 0 saturated heterocycles. The van der Waals surface area contributed by atoms with Gasteiger partial charge in [-0.15, -0.1) is 0 Å². The van der Waals surface area contributed by atoms with Crippen LogP contribution in [0, 0.1) is 0 Å². The summed E-state index contributed by atoms with van der Waals surface area (Å²) in [5.74, 6) is -1.29. The quantitative estimate of drug-likeness (QED) is 0.777. The molecule has 0 spiro atoms. The van der Waals surface area contributed by atoms with Gasteiger partial charge in [0.2, 0.25) is 5.91 Å². The molecule has 0 aromatic heterocycles. The number of halogens is 1. The first-order chi connectivity index (χ1) is 8.45. The number of nitrogens with two attached hydrogens (primary N) is 1. The molecule has 6 heteroatoms. The zero-order valence-corrected chi connectivity index (χ0v) is 11.5. The summed E-state index contributed by atoms with van der Waals surface area (Å²) < 4.78 is 0.513. The average Bonchev–Trinajstić information content (AvgIpc) is 2.31. The van der Waals surface area contributed by atoms with Gasteiger partial charge >= 0.3 is 5.97 Å². The van der Waals surface area contributed by atoms with Crippen LogP contribution in [0.4, 0.5) is 5.69 Å². The van der Waals surface area contributed by atoms with Gasteiger partial charge in [0.15, 0.2) is 0 Å². The van der Waals surface area contributed by atoms with Crippen molar-refractivity contribution < 1.29 is 14.7 Å². The molecule has 0 saturated carbocycles.